The fourth-order valence-electron chi connectivity index (χ4n) is 4.99. The Bertz CT molecular complexity index is 805. The normalized spacial score (nSPS) is 29.4. The van der Waals surface area contributed by atoms with Crippen LogP contribution in [-0.4, -0.2) is 41.2 Å². The molecular formula is C21H25N3O3. The van der Waals surface area contributed by atoms with E-state index < -0.39 is 0 Å². The van der Waals surface area contributed by atoms with Crippen molar-refractivity contribution in [3.63, 3.8) is 0 Å². The largest absolute Gasteiger partial charge is 0.349 e. The van der Waals surface area contributed by atoms with Gasteiger partial charge in [0.2, 0.25) is 0 Å². The van der Waals surface area contributed by atoms with Crippen LogP contribution in [0.2, 0.25) is 0 Å². The van der Waals surface area contributed by atoms with Gasteiger partial charge in [0, 0.05) is 24.2 Å². The number of fused-ring (bicyclic) bond motifs is 3. The number of carbonyl (C=O) groups is 3. The maximum Gasteiger partial charge on any atom is 0.261 e. The molecule has 0 spiro atoms. The molecule has 4 rings (SSSR count). The average Bonchev–Trinajstić information content (AvgIpc) is 2.87. The summed E-state index contributed by atoms with van der Waals surface area (Å²) >= 11 is 0. The van der Waals surface area contributed by atoms with E-state index in [1.165, 1.54) is 12.5 Å². The van der Waals surface area contributed by atoms with Crippen molar-refractivity contribution in [2.75, 3.05) is 6.54 Å². The molecule has 142 valence electrons. The fraction of sp³-hybridized carbons (Fsp3) is 0.476. The molecule has 3 aliphatic rings. The van der Waals surface area contributed by atoms with Crippen molar-refractivity contribution < 1.29 is 14.4 Å². The quantitative estimate of drug-likeness (QED) is 0.630. The van der Waals surface area contributed by atoms with Crippen molar-refractivity contribution in [2.45, 2.75) is 44.2 Å². The Kier molecular flexibility index (Phi) is 4.60. The van der Waals surface area contributed by atoms with E-state index in [0.29, 0.717) is 28.5 Å². The summed E-state index contributed by atoms with van der Waals surface area (Å²) in [5.74, 6) is -0.0327. The smallest absolute Gasteiger partial charge is 0.261 e. The molecule has 1 heterocycles. The zero-order valence-electron chi connectivity index (χ0n) is 15.3. The van der Waals surface area contributed by atoms with Crippen LogP contribution in [0.15, 0.2) is 30.9 Å². The summed E-state index contributed by atoms with van der Waals surface area (Å²) in [6, 6.07) is 5.12. The first kappa shape index (κ1) is 17.9. The van der Waals surface area contributed by atoms with Crippen LogP contribution in [0.5, 0.6) is 0 Å². The Labute approximate surface area is 158 Å². The van der Waals surface area contributed by atoms with Crippen molar-refractivity contribution in [3.8, 4) is 0 Å². The van der Waals surface area contributed by atoms with E-state index in [9.17, 15) is 14.4 Å². The average molecular weight is 367 g/mol. The van der Waals surface area contributed by atoms with Crippen LogP contribution >= 0.6 is 0 Å². The molecule has 2 aliphatic carbocycles. The Hall–Kier alpha value is -2.47. The predicted octanol–water partition coefficient (Wildman–Crippen LogP) is 2.10. The van der Waals surface area contributed by atoms with Crippen molar-refractivity contribution >= 4 is 17.7 Å². The summed E-state index contributed by atoms with van der Waals surface area (Å²) in [6.45, 7) is 3.75. The first-order valence-corrected chi connectivity index (χ1v) is 9.67. The molecule has 27 heavy (non-hydrogen) atoms. The highest BCUT2D eigenvalue weighted by atomic mass is 16.2. The van der Waals surface area contributed by atoms with Gasteiger partial charge in [0.05, 0.1) is 11.1 Å². The molecule has 6 heteroatoms. The maximum absolute atomic E-state index is 12.9. The van der Waals surface area contributed by atoms with Crippen LogP contribution in [0.4, 0.5) is 0 Å². The van der Waals surface area contributed by atoms with Crippen LogP contribution in [0.1, 0.15) is 63.2 Å². The van der Waals surface area contributed by atoms with Gasteiger partial charge in [-0.05, 0) is 55.7 Å². The molecule has 2 saturated carbocycles. The second-order valence-corrected chi connectivity index (χ2v) is 7.95. The molecule has 1 aromatic carbocycles. The minimum absolute atomic E-state index is 0.147. The highest BCUT2D eigenvalue weighted by Crippen LogP contribution is 2.39. The lowest BCUT2D eigenvalue weighted by atomic mass is 9.67. The standard InChI is InChI=1S/C21H25N3O3/c1-2-8-24-20(26)16-7-6-14(11-17(16)21(24)27)19(25)23-18-12-4-3-5-13(18)10-15(22)9-12/h2,6-7,11-13,15,18H,1,3-5,8-10,22H2,(H,23,25). The highest BCUT2D eigenvalue weighted by Gasteiger charge is 2.40. The number of rotatable bonds is 4. The Balaban J connectivity index is 1.54. The van der Waals surface area contributed by atoms with Crippen LogP contribution in [-0.2, 0) is 0 Å². The number of hydrogen-bond acceptors (Lipinski definition) is 4. The second-order valence-electron chi connectivity index (χ2n) is 7.95. The van der Waals surface area contributed by atoms with Crippen LogP contribution in [0.25, 0.3) is 0 Å². The zero-order chi connectivity index (χ0) is 19.1. The molecule has 2 atom stereocenters. The fourth-order valence-corrected chi connectivity index (χ4v) is 4.99. The minimum Gasteiger partial charge on any atom is -0.349 e. The minimum atomic E-state index is -0.370. The Morgan fingerprint density at radius 3 is 2.52 bits per heavy atom. The summed E-state index contributed by atoms with van der Waals surface area (Å²) in [5.41, 5.74) is 7.22. The van der Waals surface area contributed by atoms with E-state index in [1.807, 2.05) is 0 Å². The lowest BCUT2D eigenvalue weighted by Gasteiger charge is -2.45. The first-order chi connectivity index (χ1) is 13.0. The predicted molar refractivity (Wildman–Crippen MR) is 101 cm³/mol. The number of nitrogens with two attached hydrogens (primary N) is 1. The van der Waals surface area contributed by atoms with Crippen molar-refractivity contribution in [1.82, 2.24) is 10.2 Å². The highest BCUT2D eigenvalue weighted by molar-refractivity contribution is 6.22. The van der Waals surface area contributed by atoms with E-state index in [1.54, 1.807) is 18.2 Å². The summed E-state index contributed by atoms with van der Waals surface area (Å²) in [7, 11) is 0. The molecule has 1 aromatic rings. The number of nitrogens with zero attached hydrogens (tertiary/aromatic N) is 1. The van der Waals surface area contributed by atoms with Crippen LogP contribution < -0.4 is 11.1 Å². The van der Waals surface area contributed by atoms with Crippen LogP contribution in [0, 0.1) is 11.8 Å². The van der Waals surface area contributed by atoms with Gasteiger partial charge in [-0.25, -0.2) is 0 Å². The molecule has 0 aromatic heterocycles. The number of nitrogens with one attached hydrogen (secondary N) is 1. The van der Waals surface area contributed by atoms with E-state index in [2.05, 4.69) is 11.9 Å². The van der Waals surface area contributed by atoms with Gasteiger partial charge in [-0.15, -0.1) is 6.58 Å². The van der Waals surface area contributed by atoms with E-state index >= 15 is 0 Å². The van der Waals surface area contributed by atoms with Crippen molar-refractivity contribution in [3.05, 3.63) is 47.5 Å². The maximum atomic E-state index is 12.9. The van der Waals surface area contributed by atoms with E-state index in [0.717, 1.165) is 30.6 Å². The van der Waals surface area contributed by atoms with Gasteiger partial charge in [-0.2, -0.15) is 0 Å². The van der Waals surface area contributed by atoms with Gasteiger partial charge in [0.1, 0.15) is 0 Å². The topological polar surface area (TPSA) is 92.5 Å². The third-order valence-corrected chi connectivity index (χ3v) is 6.22. The molecule has 2 unspecified atom stereocenters. The molecule has 3 amide bonds. The molecule has 0 radical (unpaired) electrons. The lowest BCUT2D eigenvalue weighted by Crippen LogP contribution is -2.53. The monoisotopic (exact) mass is 367 g/mol. The van der Waals surface area contributed by atoms with Crippen molar-refractivity contribution in [2.24, 2.45) is 17.6 Å². The molecule has 0 saturated heterocycles. The molecule has 2 bridgehead atoms. The SMILES string of the molecule is C=CCN1C(=O)c2ccc(C(=O)NC3C4CCCC3CC(N)C4)cc2C1=O. The van der Waals surface area contributed by atoms with Gasteiger partial charge in [0.25, 0.3) is 17.7 Å². The van der Waals surface area contributed by atoms with Crippen LogP contribution in [0.3, 0.4) is 0 Å². The first-order valence-electron chi connectivity index (χ1n) is 9.67. The number of benzene rings is 1. The molecule has 2 fully saturated rings. The van der Waals surface area contributed by atoms with E-state index in [4.69, 9.17) is 5.73 Å². The van der Waals surface area contributed by atoms with Gasteiger partial charge >= 0.3 is 0 Å². The molecular weight excluding hydrogens is 342 g/mol. The molecule has 1 aliphatic heterocycles. The third kappa shape index (κ3) is 3.08. The third-order valence-electron chi connectivity index (χ3n) is 6.22. The summed E-state index contributed by atoms with van der Waals surface area (Å²) in [5, 5.41) is 3.19. The number of hydrogen-bond donors (Lipinski definition) is 2. The summed E-state index contributed by atoms with van der Waals surface area (Å²) in [4.78, 5) is 38.8. The van der Waals surface area contributed by atoms with Gasteiger partial charge in [-0.3, -0.25) is 19.3 Å². The zero-order valence-corrected chi connectivity index (χ0v) is 15.3. The van der Waals surface area contributed by atoms with Gasteiger partial charge in [-0.1, -0.05) is 12.5 Å². The van der Waals surface area contributed by atoms with Crippen molar-refractivity contribution in [1.29, 1.82) is 0 Å². The molecule has 3 N–H and O–H groups in total. The number of amides is 3. The summed E-state index contributed by atoms with van der Waals surface area (Å²) < 4.78 is 0. The molecule has 6 nitrogen and oxygen atoms in total. The Morgan fingerprint density at radius 1 is 1.19 bits per heavy atom. The Morgan fingerprint density at radius 2 is 1.85 bits per heavy atom. The van der Waals surface area contributed by atoms with Gasteiger partial charge in [0.15, 0.2) is 0 Å². The number of carbonyl (C=O) groups excluding carboxylic acids is 3. The summed E-state index contributed by atoms with van der Waals surface area (Å²) in [6.07, 6.45) is 6.82. The number of imide groups is 1. The second kappa shape index (κ2) is 6.93. The van der Waals surface area contributed by atoms with E-state index in [-0.39, 0.29) is 36.3 Å². The van der Waals surface area contributed by atoms with Gasteiger partial charge < -0.3 is 11.1 Å². The lowest BCUT2D eigenvalue weighted by molar-refractivity contribution is 0.0671.